The molecule has 4 rings (SSSR count). The number of fused-ring (bicyclic) bond motifs is 1. The number of aromatic nitrogens is 2. The van der Waals surface area contributed by atoms with Crippen LogP contribution in [-0.4, -0.2) is 40.1 Å². The minimum absolute atomic E-state index is 0.0174. The summed E-state index contributed by atoms with van der Waals surface area (Å²) in [6.07, 6.45) is 0.224. The molecule has 0 aliphatic rings. The Balaban J connectivity index is 1.68. The van der Waals surface area contributed by atoms with Crippen LogP contribution in [0.25, 0.3) is 11.0 Å². The fraction of sp³-hybridized carbons (Fsp3) is 0.240. The zero-order valence-corrected chi connectivity index (χ0v) is 20.6. The summed E-state index contributed by atoms with van der Waals surface area (Å²) in [4.78, 5) is 15.5. The van der Waals surface area contributed by atoms with Crippen molar-refractivity contribution in [3.8, 4) is 0 Å². The van der Waals surface area contributed by atoms with Crippen LogP contribution in [0.2, 0.25) is 0 Å². The number of rotatable bonds is 9. The number of nitrogens with one attached hydrogen (secondary N) is 1. The molecule has 0 radical (unpaired) electrons. The number of nitrogens with zero attached hydrogens (tertiary/aromatic N) is 3. The van der Waals surface area contributed by atoms with Crippen LogP contribution in [0.15, 0.2) is 83.8 Å². The van der Waals surface area contributed by atoms with Gasteiger partial charge in [0.2, 0.25) is 15.9 Å². The van der Waals surface area contributed by atoms with Crippen molar-refractivity contribution >= 4 is 38.7 Å². The first-order valence-corrected chi connectivity index (χ1v) is 13.2. The smallest absolute Gasteiger partial charge is 0.243 e. The molecule has 9 heteroatoms. The Morgan fingerprint density at radius 3 is 2.21 bits per heavy atom. The third-order valence-corrected chi connectivity index (χ3v) is 7.56. The molecule has 0 saturated carbocycles. The van der Waals surface area contributed by atoms with Crippen LogP contribution >= 0.6 is 11.7 Å². The number of benzene rings is 3. The average Bonchev–Trinajstić information content (AvgIpc) is 3.32. The summed E-state index contributed by atoms with van der Waals surface area (Å²) >= 11 is 0.954. The van der Waals surface area contributed by atoms with E-state index in [1.54, 1.807) is 17.0 Å². The van der Waals surface area contributed by atoms with Gasteiger partial charge < -0.3 is 4.90 Å². The number of hydrogen-bond donors (Lipinski definition) is 1. The second-order valence-electron chi connectivity index (χ2n) is 8.30. The monoisotopic (exact) mass is 494 g/mol. The highest BCUT2D eigenvalue weighted by molar-refractivity contribution is 7.89. The van der Waals surface area contributed by atoms with Crippen molar-refractivity contribution in [2.75, 3.05) is 0 Å². The van der Waals surface area contributed by atoms with Crippen molar-refractivity contribution in [2.24, 2.45) is 0 Å². The molecule has 1 aromatic heterocycles. The normalized spacial score (nSPS) is 12.7. The zero-order valence-electron chi connectivity index (χ0n) is 19.0. The molecule has 34 heavy (non-hydrogen) atoms. The Kier molecular flexibility index (Phi) is 7.35. The van der Waals surface area contributed by atoms with Gasteiger partial charge in [0.25, 0.3) is 0 Å². The van der Waals surface area contributed by atoms with Crippen molar-refractivity contribution < 1.29 is 13.2 Å². The molecule has 1 heterocycles. The summed E-state index contributed by atoms with van der Waals surface area (Å²) in [7, 11) is -4.05. The SMILES string of the molecule is CC(C)N(Cc1ccccc1)C(=O)[C@@H](Cc1ccccc1)NS(=O)(=O)c1cccc2nsnc12. The van der Waals surface area contributed by atoms with Gasteiger partial charge in [0.1, 0.15) is 22.0 Å². The number of carbonyl (C=O) groups excluding carboxylic acids is 1. The maximum Gasteiger partial charge on any atom is 0.243 e. The molecule has 0 unspecified atom stereocenters. The van der Waals surface area contributed by atoms with Gasteiger partial charge in [-0.15, -0.1) is 0 Å². The van der Waals surface area contributed by atoms with E-state index in [4.69, 9.17) is 0 Å². The molecule has 1 atom stereocenters. The quantitative estimate of drug-likeness (QED) is 0.379. The molecule has 1 amide bonds. The Morgan fingerprint density at radius 1 is 0.912 bits per heavy atom. The van der Waals surface area contributed by atoms with Gasteiger partial charge in [-0.2, -0.15) is 13.5 Å². The zero-order chi connectivity index (χ0) is 24.1. The van der Waals surface area contributed by atoms with E-state index in [2.05, 4.69) is 13.5 Å². The second-order valence-corrected chi connectivity index (χ2v) is 10.5. The van der Waals surface area contributed by atoms with Crippen molar-refractivity contribution in [3.05, 3.63) is 90.0 Å². The van der Waals surface area contributed by atoms with Crippen LogP contribution in [0.5, 0.6) is 0 Å². The summed E-state index contributed by atoms with van der Waals surface area (Å²) in [6.45, 7) is 4.24. The summed E-state index contributed by atoms with van der Waals surface area (Å²) in [5.41, 5.74) is 2.65. The summed E-state index contributed by atoms with van der Waals surface area (Å²) < 4.78 is 37.9. The van der Waals surface area contributed by atoms with Gasteiger partial charge in [-0.25, -0.2) is 8.42 Å². The van der Waals surface area contributed by atoms with E-state index in [0.717, 1.165) is 22.9 Å². The van der Waals surface area contributed by atoms with Crippen LogP contribution in [0, 0.1) is 0 Å². The van der Waals surface area contributed by atoms with E-state index in [9.17, 15) is 13.2 Å². The van der Waals surface area contributed by atoms with Crippen LogP contribution in [0.4, 0.5) is 0 Å². The molecular formula is C25H26N4O3S2. The van der Waals surface area contributed by atoms with Gasteiger partial charge in [-0.3, -0.25) is 4.79 Å². The van der Waals surface area contributed by atoms with Crippen molar-refractivity contribution in [1.29, 1.82) is 0 Å². The van der Waals surface area contributed by atoms with Gasteiger partial charge in [0.05, 0.1) is 11.7 Å². The molecule has 7 nitrogen and oxygen atoms in total. The fourth-order valence-electron chi connectivity index (χ4n) is 3.77. The molecule has 1 N–H and O–H groups in total. The lowest BCUT2D eigenvalue weighted by Gasteiger charge is -2.31. The van der Waals surface area contributed by atoms with Gasteiger partial charge in [-0.1, -0.05) is 66.7 Å². The van der Waals surface area contributed by atoms with E-state index in [-0.39, 0.29) is 23.3 Å². The standard InChI is InChI=1S/C25H26N4O3S2/c1-18(2)29(17-20-12-7-4-8-13-20)25(30)22(16-19-10-5-3-6-11-19)28-34(31,32)23-15-9-14-21-24(23)27-33-26-21/h3-15,18,22,28H,16-17H2,1-2H3/t22-/m1/s1. The minimum atomic E-state index is -4.05. The first-order chi connectivity index (χ1) is 16.3. The molecule has 3 aromatic carbocycles. The van der Waals surface area contributed by atoms with E-state index < -0.39 is 16.1 Å². The van der Waals surface area contributed by atoms with Gasteiger partial charge in [0, 0.05) is 12.6 Å². The van der Waals surface area contributed by atoms with E-state index in [1.165, 1.54) is 6.07 Å². The molecule has 0 aliphatic carbocycles. The van der Waals surface area contributed by atoms with E-state index in [0.29, 0.717) is 17.6 Å². The van der Waals surface area contributed by atoms with Crippen LogP contribution in [0.3, 0.4) is 0 Å². The highest BCUT2D eigenvalue weighted by atomic mass is 32.2. The Labute approximate surface area is 203 Å². The van der Waals surface area contributed by atoms with Crippen molar-refractivity contribution in [2.45, 2.75) is 43.8 Å². The molecule has 0 saturated heterocycles. The van der Waals surface area contributed by atoms with Crippen LogP contribution in [0.1, 0.15) is 25.0 Å². The molecule has 0 aliphatic heterocycles. The lowest BCUT2D eigenvalue weighted by Crippen LogP contribution is -2.51. The average molecular weight is 495 g/mol. The minimum Gasteiger partial charge on any atom is -0.335 e. The third kappa shape index (κ3) is 5.49. The second kappa shape index (κ2) is 10.4. The topological polar surface area (TPSA) is 92.3 Å². The lowest BCUT2D eigenvalue weighted by atomic mass is 10.0. The van der Waals surface area contributed by atoms with Crippen molar-refractivity contribution in [1.82, 2.24) is 18.4 Å². The highest BCUT2D eigenvalue weighted by Gasteiger charge is 2.32. The number of sulfonamides is 1. The summed E-state index contributed by atoms with van der Waals surface area (Å²) in [5.74, 6) is -0.283. The molecule has 0 bridgehead atoms. The van der Waals surface area contributed by atoms with E-state index >= 15 is 0 Å². The van der Waals surface area contributed by atoms with Gasteiger partial charge >= 0.3 is 0 Å². The molecule has 0 fully saturated rings. The predicted molar refractivity (Wildman–Crippen MR) is 134 cm³/mol. The van der Waals surface area contributed by atoms with Crippen LogP contribution < -0.4 is 4.72 Å². The maximum absolute atomic E-state index is 13.8. The molecule has 4 aromatic rings. The van der Waals surface area contributed by atoms with Gasteiger partial charge in [-0.05, 0) is 43.5 Å². The third-order valence-electron chi connectivity index (χ3n) is 5.52. The largest absolute Gasteiger partial charge is 0.335 e. The first-order valence-electron chi connectivity index (χ1n) is 11.0. The molecule has 176 valence electrons. The first kappa shape index (κ1) is 24.0. The Morgan fingerprint density at radius 2 is 1.56 bits per heavy atom. The molecular weight excluding hydrogens is 468 g/mol. The molecule has 0 spiro atoms. The van der Waals surface area contributed by atoms with Crippen molar-refractivity contribution in [3.63, 3.8) is 0 Å². The lowest BCUT2D eigenvalue weighted by molar-refractivity contribution is -0.135. The predicted octanol–water partition coefficient (Wildman–Crippen LogP) is 4.02. The summed E-state index contributed by atoms with van der Waals surface area (Å²) in [6, 6.07) is 22.8. The number of carbonyl (C=O) groups is 1. The summed E-state index contributed by atoms with van der Waals surface area (Å²) in [5, 5.41) is 0. The fourth-order valence-corrected chi connectivity index (χ4v) is 5.73. The van der Waals surface area contributed by atoms with E-state index in [1.807, 2.05) is 74.5 Å². The Bertz CT molecular complexity index is 1360. The highest BCUT2D eigenvalue weighted by Crippen LogP contribution is 2.22. The Hall–Kier alpha value is -3.14. The number of amides is 1. The van der Waals surface area contributed by atoms with Gasteiger partial charge in [0.15, 0.2) is 0 Å². The number of hydrogen-bond acceptors (Lipinski definition) is 6. The van der Waals surface area contributed by atoms with Crippen LogP contribution in [-0.2, 0) is 27.8 Å². The maximum atomic E-state index is 13.8.